The van der Waals surface area contributed by atoms with Crippen LogP contribution in [0.4, 0.5) is 5.69 Å². The first-order chi connectivity index (χ1) is 8.68. The maximum atomic E-state index is 12.2. The van der Waals surface area contributed by atoms with Crippen LogP contribution in [-0.2, 0) is 4.79 Å². The van der Waals surface area contributed by atoms with Gasteiger partial charge in [0.05, 0.1) is 23.8 Å². The summed E-state index contributed by atoms with van der Waals surface area (Å²) in [5.41, 5.74) is 0.701. The number of nitrogens with one attached hydrogen (secondary N) is 2. The molecule has 98 valence electrons. The molecule has 18 heavy (non-hydrogen) atoms. The molecule has 0 aromatic heterocycles. The zero-order valence-electron chi connectivity index (χ0n) is 10.7. The van der Waals surface area contributed by atoms with Crippen LogP contribution in [0.3, 0.4) is 0 Å². The molecule has 2 N–H and O–H groups in total. The second kappa shape index (κ2) is 6.21. The molecule has 1 atom stereocenters. The third kappa shape index (κ3) is 3.24. The number of hydrogen-bond donors (Lipinski definition) is 2. The number of carbonyl (C=O) groups is 1. The molecular weight excluding hydrogens is 248 g/mol. The Morgan fingerprint density at radius 2 is 1.94 bits per heavy atom. The maximum Gasteiger partial charge on any atom is 0.282 e. The number of likely N-dealkylation sites (tertiary alicyclic amines) is 1. The molecule has 0 spiro atoms. The Morgan fingerprint density at radius 3 is 2.61 bits per heavy atom. The summed E-state index contributed by atoms with van der Waals surface area (Å²) in [5.74, 6) is 0.0556. The van der Waals surface area contributed by atoms with Gasteiger partial charge in [-0.05, 0) is 38.3 Å². The van der Waals surface area contributed by atoms with Crippen molar-refractivity contribution < 1.29 is 9.69 Å². The molecule has 3 nitrogen and oxygen atoms in total. The first-order valence-corrected chi connectivity index (χ1v) is 6.96. The number of amides is 1. The lowest BCUT2D eigenvalue weighted by atomic mass is 10.1. The summed E-state index contributed by atoms with van der Waals surface area (Å²) < 4.78 is 0. The zero-order chi connectivity index (χ0) is 13.0. The fourth-order valence-electron chi connectivity index (χ4n) is 2.43. The van der Waals surface area contributed by atoms with Crippen LogP contribution in [0.25, 0.3) is 0 Å². The van der Waals surface area contributed by atoms with Crippen molar-refractivity contribution in [3.05, 3.63) is 29.3 Å². The van der Waals surface area contributed by atoms with Gasteiger partial charge in [-0.25, -0.2) is 0 Å². The third-order valence-corrected chi connectivity index (χ3v) is 3.96. The van der Waals surface area contributed by atoms with Gasteiger partial charge in [0.15, 0.2) is 6.04 Å². The van der Waals surface area contributed by atoms with Crippen molar-refractivity contribution in [2.45, 2.75) is 32.2 Å². The Hall–Kier alpha value is -1.06. The highest BCUT2D eigenvalue weighted by molar-refractivity contribution is 6.33. The molecule has 1 saturated heterocycles. The second-order valence-corrected chi connectivity index (χ2v) is 5.32. The van der Waals surface area contributed by atoms with Crippen LogP contribution in [0.2, 0.25) is 5.02 Å². The summed E-state index contributed by atoms with van der Waals surface area (Å²) >= 11 is 6.04. The molecule has 0 radical (unpaired) electrons. The summed E-state index contributed by atoms with van der Waals surface area (Å²) in [4.78, 5) is 13.6. The number of carbonyl (C=O) groups excluding carboxylic acids is 1. The largest absolute Gasteiger partial charge is 0.325 e. The topological polar surface area (TPSA) is 33.5 Å². The molecule has 0 saturated carbocycles. The number of hydrogen-bond acceptors (Lipinski definition) is 1. The Kier molecular flexibility index (Phi) is 4.61. The average Bonchev–Trinajstić information content (AvgIpc) is 2.41. The monoisotopic (exact) mass is 267 g/mol. The normalized spacial score (nSPS) is 18.3. The second-order valence-electron chi connectivity index (χ2n) is 4.91. The van der Waals surface area contributed by atoms with Crippen LogP contribution in [-0.4, -0.2) is 25.0 Å². The maximum absolute atomic E-state index is 12.2. The Bertz CT molecular complexity index is 416. The van der Waals surface area contributed by atoms with Crippen LogP contribution >= 0.6 is 11.6 Å². The summed E-state index contributed by atoms with van der Waals surface area (Å²) in [6, 6.07) is 7.34. The van der Waals surface area contributed by atoms with Gasteiger partial charge >= 0.3 is 0 Å². The van der Waals surface area contributed by atoms with E-state index >= 15 is 0 Å². The van der Waals surface area contributed by atoms with Crippen LogP contribution in [0.5, 0.6) is 0 Å². The minimum Gasteiger partial charge on any atom is -0.325 e. The molecule has 0 unspecified atom stereocenters. The van der Waals surface area contributed by atoms with E-state index < -0.39 is 0 Å². The van der Waals surface area contributed by atoms with Gasteiger partial charge in [-0.1, -0.05) is 23.7 Å². The fourth-order valence-corrected chi connectivity index (χ4v) is 2.61. The average molecular weight is 268 g/mol. The molecule has 1 aromatic rings. The van der Waals surface area contributed by atoms with E-state index in [1.165, 1.54) is 24.2 Å². The number of rotatable bonds is 3. The SMILES string of the molecule is C[C@H](C(=O)Nc1ccccc1Cl)[NH+]1CCCCC1. The van der Waals surface area contributed by atoms with E-state index in [1.807, 2.05) is 25.1 Å². The first kappa shape index (κ1) is 13.4. The number of anilines is 1. The van der Waals surface area contributed by atoms with E-state index in [9.17, 15) is 4.79 Å². The molecule has 2 rings (SSSR count). The lowest BCUT2D eigenvalue weighted by Gasteiger charge is -2.28. The summed E-state index contributed by atoms with van der Waals surface area (Å²) in [6.07, 6.45) is 3.74. The van der Waals surface area contributed by atoms with Gasteiger partial charge in [-0.2, -0.15) is 0 Å². The Labute approximate surface area is 113 Å². The number of halogens is 1. The predicted molar refractivity (Wildman–Crippen MR) is 74.1 cm³/mol. The van der Waals surface area contributed by atoms with E-state index in [1.54, 1.807) is 6.07 Å². The lowest BCUT2D eigenvalue weighted by molar-refractivity contribution is -0.918. The minimum atomic E-state index is -0.0124. The first-order valence-electron chi connectivity index (χ1n) is 6.58. The van der Waals surface area contributed by atoms with Crippen molar-refractivity contribution >= 4 is 23.2 Å². The van der Waals surface area contributed by atoms with Gasteiger partial charge < -0.3 is 10.2 Å². The smallest absolute Gasteiger partial charge is 0.282 e. The summed E-state index contributed by atoms with van der Waals surface area (Å²) in [6.45, 7) is 4.18. The molecule has 1 amide bonds. The predicted octanol–water partition coefficient (Wildman–Crippen LogP) is 1.74. The zero-order valence-corrected chi connectivity index (χ0v) is 11.5. The number of piperidine rings is 1. The molecule has 0 aliphatic carbocycles. The number of para-hydroxylation sites is 1. The molecule has 1 aliphatic rings. The highest BCUT2D eigenvalue weighted by Crippen LogP contribution is 2.20. The van der Waals surface area contributed by atoms with E-state index in [-0.39, 0.29) is 11.9 Å². The number of benzene rings is 1. The van der Waals surface area contributed by atoms with Crippen molar-refractivity contribution in [1.29, 1.82) is 0 Å². The minimum absolute atomic E-state index is 0.0124. The van der Waals surface area contributed by atoms with E-state index in [0.29, 0.717) is 10.7 Å². The van der Waals surface area contributed by atoms with Crippen LogP contribution < -0.4 is 10.2 Å². The fraction of sp³-hybridized carbons (Fsp3) is 0.500. The van der Waals surface area contributed by atoms with Crippen molar-refractivity contribution in [2.24, 2.45) is 0 Å². The molecule has 1 aliphatic heterocycles. The molecule has 1 aromatic carbocycles. The van der Waals surface area contributed by atoms with Gasteiger partial charge in [-0.15, -0.1) is 0 Å². The van der Waals surface area contributed by atoms with Crippen LogP contribution in [0, 0.1) is 0 Å². The van der Waals surface area contributed by atoms with Gasteiger partial charge in [0, 0.05) is 0 Å². The van der Waals surface area contributed by atoms with E-state index in [4.69, 9.17) is 11.6 Å². The molecule has 1 heterocycles. The highest BCUT2D eigenvalue weighted by atomic mass is 35.5. The van der Waals surface area contributed by atoms with Crippen molar-refractivity contribution in [1.82, 2.24) is 0 Å². The lowest BCUT2D eigenvalue weighted by Crippen LogP contribution is -3.17. The highest BCUT2D eigenvalue weighted by Gasteiger charge is 2.26. The number of quaternary nitrogens is 1. The summed E-state index contributed by atoms with van der Waals surface area (Å²) in [5, 5.41) is 3.51. The van der Waals surface area contributed by atoms with Crippen LogP contribution in [0.15, 0.2) is 24.3 Å². The Morgan fingerprint density at radius 1 is 1.28 bits per heavy atom. The van der Waals surface area contributed by atoms with E-state index in [0.717, 1.165) is 13.1 Å². The molecule has 0 bridgehead atoms. The van der Waals surface area contributed by atoms with Gasteiger partial charge in [0.1, 0.15) is 0 Å². The van der Waals surface area contributed by atoms with E-state index in [2.05, 4.69) is 5.32 Å². The Balaban J connectivity index is 1.97. The quantitative estimate of drug-likeness (QED) is 0.859. The molecule has 4 heteroatoms. The van der Waals surface area contributed by atoms with Gasteiger partial charge in [0.25, 0.3) is 5.91 Å². The summed E-state index contributed by atoms with van der Waals surface area (Å²) in [7, 11) is 0. The van der Waals surface area contributed by atoms with Crippen LogP contribution in [0.1, 0.15) is 26.2 Å². The van der Waals surface area contributed by atoms with Gasteiger partial charge in [0.2, 0.25) is 0 Å². The molecule has 1 fully saturated rings. The van der Waals surface area contributed by atoms with Crippen molar-refractivity contribution in [3.8, 4) is 0 Å². The van der Waals surface area contributed by atoms with Crippen molar-refractivity contribution in [3.63, 3.8) is 0 Å². The third-order valence-electron chi connectivity index (χ3n) is 3.63. The van der Waals surface area contributed by atoms with Crippen molar-refractivity contribution in [2.75, 3.05) is 18.4 Å². The van der Waals surface area contributed by atoms with Gasteiger partial charge in [-0.3, -0.25) is 4.79 Å². The standard InChI is InChI=1S/C14H19ClN2O/c1-11(17-9-5-2-6-10-17)14(18)16-13-8-4-3-7-12(13)15/h3-4,7-8,11H,2,5-6,9-10H2,1H3,(H,16,18)/p+1/t11-/m1/s1. The molecular formula is C14H20ClN2O+.